The molecule has 6 rings (SSSR count). The van der Waals surface area contributed by atoms with Crippen molar-refractivity contribution in [3.8, 4) is 22.6 Å². The Hall–Kier alpha value is -7.20. The molecule has 0 amide bonds. The van der Waals surface area contributed by atoms with Gasteiger partial charge in [-0.2, -0.15) is 20.4 Å². The average molecular weight is 659 g/mol. The minimum atomic E-state index is -0.00699. The van der Waals surface area contributed by atoms with Crippen LogP contribution in [0.1, 0.15) is 22.3 Å². The van der Waals surface area contributed by atoms with Crippen LogP contribution in [0.25, 0.3) is 11.1 Å². The molecule has 0 aliphatic heterocycles. The minimum absolute atomic E-state index is 0.00699. The van der Waals surface area contributed by atoms with Crippen LogP contribution in [-0.2, 0) is 0 Å². The number of phenolic OH excluding ortho intramolecular Hbond substituents is 2. The zero-order valence-corrected chi connectivity index (χ0v) is 26.8. The van der Waals surface area contributed by atoms with Crippen LogP contribution in [-0.4, -0.2) is 35.1 Å². The second-order valence-electron chi connectivity index (χ2n) is 11.0. The lowest BCUT2D eigenvalue weighted by Gasteiger charge is -2.12. The lowest BCUT2D eigenvalue weighted by Crippen LogP contribution is -1.99. The Bertz CT molecular complexity index is 1820. The molecule has 10 nitrogen and oxygen atoms in total. The van der Waals surface area contributed by atoms with Gasteiger partial charge in [-0.25, -0.2) is 0 Å². The summed E-state index contributed by atoms with van der Waals surface area (Å²) in [5.74, 6) is -0.0140. The number of hydrogen-bond acceptors (Lipinski definition) is 10. The van der Waals surface area contributed by atoms with Crippen LogP contribution in [0, 0.1) is 0 Å². The smallest absolute Gasteiger partial charge is 0.133 e. The van der Waals surface area contributed by atoms with Gasteiger partial charge in [0.05, 0.1) is 47.6 Å². The number of para-hydroxylation sites is 4. The maximum absolute atomic E-state index is 11.3. The second kappa shape index (κ2) is 16.6. The number of phenols is 2. The van der Waals surface area contributed by atoms with E-state index in [4.69, 9.17) is 0 Å². The van der Waals surface area contributed by atoms with E-state index >= 15 is 0 Å². The molecule has 0 aromatic heterocycles. The number of nitrogens with zero attached hydrogens (tertiary/aromatic N) is 4. The number of rotatable bonds is 13. The third-order valence-electron chi connectivity index (χ3n) is 7.36. The summed E-state index contributed by atoms with van der Waals surface area (Å²) in [7, 11) is 0. The van der Waals surface area contributed by atoms with Crippen molar-refractivity contribution in [2.24, 2.45) is 20.4 Å². The van der Waals surface area contributed by atoms with Gasteiger partial charge in [0.1, 0.15) is 11.5 Å². The van der Waals surface area contributed by atoms with E-state index in [9.17, 15) is 10.2 Å². The van der Waals surface area contributed by atoms with E-state index in [1.54, 1.807) is 24.9 Å². The molecule has 0 heterocycles. The van der Waals surface area contributed by atoms with Crippen LogP contribution in [0.2, 0.25) is 0 Å². The first-order valence-electron chi connectivity index (χ1n) is 15.7. The van der Waals surface area contributed by atoms with Crippen LogP contribution >= 0.6 is 0 Å². The number of nitrogens with one attached hydrogen (secondary N) is 4. The van der Waals surface area contributed by atoms with Gasteiger partial charge < -0.3 is 10.2 Å². The number of hydrazone groups is 4. The molecule has 0 unspecified atom stereocenters. The summed E-state index contributed by atoms with van der Waals surface area (Å²) >= 11 is 0. The molecule has 6 aromatic rings. The first-order chi connectivity index (χ1) is 24.6. The predicted octanol–water partition coefficient (Wildman–Crippen LogP) is 8.55. The van der Waals surface area contributed by atoms with E-state index in [1.807, 2.05) is 146 Å². The van der Waals surface area contributed by atoms with Crippen molar-refractivity contribution in [1.82, 2.24) is 0 Å². The first kappa shape index (κ1) is 32.7. The van der Waals surface area contributed by atoms with E-state index in [0.29, 0.717) is 22.3 Å². The van der Waals surface area contributed by atoms with Crippen molar-refractivity contribution >= 4 is 47.6 Å². The fourth-order valence-corrected chi connectivity index (χ4v) is 4.84. The largest absolute Gasteiger partial charge is 0.507 e. The zero-order chi connectivity index (χ0) is 34.4. The summed E-state index contributed by atoms with van der Waals surface area (Å²) < 4.78 is 0. The molecule has 0 saturated carbocycles. The van der Waals surface area contributed by atoms with Crippen LogP contribution in [0.3, 0.4) is 0 Å². The van der Waals surface area contributed by atoms with Gasteiger partial charge in [-0.1, -0.05) is 72.8 Å². The lowest BCUT2D eigenvalue weighted by molar-refractivity contribution is 0.473. The maximum atomic E-state index is 11.3. The molecule has 0 radical (unpaired) electrons. The summed E-state index contributed by atoms with van der Waals surface area (Å²) in [6, 6.07) is 45.3. The SMILES string of the molecule is Oc1c(/C=N/Nc2ccccc2)cc(-c2cc(/C=N/Nc3ccccc3)c(O)c(/C=N/Nc3ccccc3)c2)cc1/C=N/Nc1ccccc1. The van der Waals surface area contributed by atoms with Crippen LogP contribution in [0.5, 0.6) is 11.5 Å². The highest BCUT2D eigenvalue weighted by molar-refractivity contribution is 5.98. The van der Waals surface area contributed by atoms with Crippen LogP contribution < -0.4 is 21.7 Å². The Kier molecular flexibility index (Phi) is 10.8. The molecule has 0 fully saturated rings. The van der Waals surface area contributed by atoms with Crippen LogP contribution in [0.15, 0.2) is 166 Å². The number of hydrogen-bond donors (Lipinski definition) is 6. The van der Waals surface area contributed by atoms with Crippen molar-refractivity contribution < 1.29 is 10.2 Å². The molecule has 6 aromatic carbocycles. The lowest BCUT2D eigenvalue weighted by atomic mass is 9.95. The van der Waals surface area contributed by atoms with Gasteiger partial charge >= 0.3 is 0 Å². The Morgan fingerprint density at radius 3 is 0.780 bits per heavy atom. The monoisotopic (exact) mass is 658 g/mol. The quantitative estimate of drug-likeness (QED) is 0.0543. The molecule has 0 atom stereocenters. The predicted molar refractivity (Wildman–Crippen MR) is 206 cm³/mol. The Labute approximate surface area is 289 Å². The standard InChI is InChI=1S/C40H34N8O2/c49-39-31(25-41-45-35-13-5-1-6-14-35)21-29(22-32(39)26-42-46-36-15-7-2-8-16-36)30-23-33(27-43-47-37-17-9-3-10-18-37)40(50)34(24-30)28-44-48-38-19-11-4-12-20-38/h1-28,45-50H/b41-25+,42-26+,43-27+,44-28+. The van der Waals surface area contributed by atoms with Gasteiger partial charge in [0.25, 0.3) is 0 Å². The molecule has 10 heteroatoms. The highest BCUT2D eigenvalue weighted by atomic mass is 16.3. The normalized spacial score (nSPS) is 11.4. The molecule has 246 valence electrons. The van der Waals surface area contributed by atoms with Gasteiger partial charge in [0.2, 0.25) is 0 Å². The molecule has 0 saturated heterocycles. The molecule has 50 heavy (non-hydrogen) atoms. The molecule has 0 spiro atoms. The average Bonchev–Trinajstić information content (AvgIpc) is 3.16. The van der Waals surface area contributed by atoms with E-state index in [-0.39, 0.29) is 11.5 Å². The molecular formula is C40H34N8O2. The zero-order valence-electron chi connectivity index (χ0n) is 26.8. The third-order valence-corrected chi connectivity index (χ3v) is 7.36. The van der Waals surface area contributed by atoms with Gasteiger partial charge in [0, 0.05) is 22.3 Å². The van der Waals surface area contributed by atoms with E-state index < -0.39 is 0 Å². The highest BCUT2D eigenvalue weighted by Crippen LogP contribution is 2.33. The van der Waals surface area contributed by atoms with E-state index in [2.05, 4.69) is 42.1 Å². The van der Waals surface area contributed by atoms with Crippen molar-refractivity contribution in [2.45, 2.75) is 0 Å². The molecule has 0 aliphatic rings. The number of aromatic hydroxyl groups is 2. The topological polar surface area (TPSA) is 138 Å². The van der Waals surface area contributed by atoms with E-state index in [0.717, 1.165) is 33.9 Å². The van der Waals surface area contributed by atoms with Crippen molar-refractivity contribution in [2.75, 3.05) is 21.7 Å². The molecule has 0 bridgehead atoms. The van der Waals surface area contributed by atoms with Crippen LogP contribution in [0.4, 0.5) is 22.7 Å². The summed E-state index contributed by atoms with van der Waals surface area (Å²) in [5, 5.41) is 40.1. The summed E-state index contributed by atoms with van der Waals surface area (Å²) in [6.45, 7) is 0. The Morgan fingerprint density at radius 2 is 0.560 bits per heavy atom. The fraction of sp³-hybridized carbons (Fsp3) is 0. The van der Waals surface area contributed by atoms with Crippen molar-refractivity contribution in [1.29, 1.82) is 0 Å². The van der Waals surface area contributed by atoms with Crippen molar-refractivity contribution in [3.63, 3.8) is 0 Å². The first-order valence-corrected chi connectivity index (χ1v) is 15.7. The molecule has 0 aliphatic carbocycles. The summed E-state index contributed by atoms with van der Waals surface area (Å²) in [4.78, 5) is 0. The third kappa shape index (κ3) is 8.99. The van der Waals surface area contributed by atoms with Gasteiger partial charge in [-0.15, -0.1) is 0 Å². The maximum Gasteiger partial charge on any atom is 0.133 e. The van der Waals surface area contributed by atoms with Gasteiger partial charge in [-0.3, -0.25) is 21.7 Å². The van der Waals surface area contributed by atoms with Gasteiger partial charge in [0.15, 0.2) is 0 Å². The van der Waals surface area contributed by atoms with Gasteiger partial charge in [-0.05, 0) is 83.9 Å². The fourth-order valence-electron chi connectivity index (χ4n) is 4.84. The summed E-state index contributed by atoms with van der Waals surface area (Å²) in [5.41, 5.74) is 18.4. The Morgan fingerprint density at radius 1 is 0.340 bits per heavy atom. The molecular weight excluding hydrogens is 624 g/mol. The Balaban J connectivity index is 1.39. The highest BCUT2D eigenvalue weighted by Gasteiger charge is 2.14. The number of anilines is 4. The molecule has 6 N–H and O–H groups in total. The number of benzene rings is 6. The van der Waals surface area contributed by atoms with Crippen molar-refractivity contribution in [3.05, 3.63) is 168 Å². The van der Waals surface area contributed by atoms with E-state index in [1.165, 1.54) is 0 Å². The minimum Gasteiger partial charge on any atom is -0.507 e. The summed E-state index contributed by atoms with van der Waals surface area (Å²) in [6.07, 6.45) is 6.19. The second-order valence-corrected chi connectivity index (χ2v) is 11.0.